The quantitative estimate of drug-likeness (QED) is 0.265. The van der Waals surface area contributed by atoms with Crippen LogP contribution in [0.4, 0.5) is 0 Å². The van der Waals surface area contributed by atoms with Crippen molar-refractivity contribution in [2.24, 2.45) is 0 Å². The summed E-state index contributed by atoms with van der Waals surface area (Å²) in [6, 6.07) is 10.4. The highest BCUT2D eigenvalue weighted by Crippen LogP contribution is 2.38. The lowest BCUT2D eigenvalue weighted by Gasteiger charge is -2.23. The molecule has 2 aromatic rings. The molecular formula is C24H28ClP. The lowest BCUT2D eigenvalue weighted by Crippen LogP contribution is -2.13. The molecule has 2 rings (SSSR count). The Morgan fingerprint density at radius 1 is 1.19 bits per heavy atom. The van der Waals surface area contributed by atoms with Gasteiger partial charge in [0, 0.05) is 5.56 Å². The number of hydrogen-bond donors (Lipinski definition) is 0. The molecule has 0 aliphatic heterocycles. The normalized spacial score (nSPS) is 13.2. The summed E-state index contributed by atoms with van der Waals surface area (Å²) in [4.78, 5) is 0. The predicted octanol–water partition coefficient (Wildman–Crippen LogP) is 7.47. The van der Waals surface area contributed by atoms with E-state index in [4.69, 9.17) is 11.6 Å². The second-order valence-electron chi connectivity index (χ2n) is 6.49. The number of rotatable bonds is 7. The van der Waals surface area contributed by atoms with Crippen LogP contribution in [0.2, 0.25) is 5.02 Å². The maximum atomic E-state index is 6.89. The van der Waals surface area contributed by atoms with Crippen LogP contribution in [0.25, 0.3) is 17.7 Å². The van der Waals surface area contributed by atoms with E-state index in [1.807, 2.05) is 18.2 Å². The second-order valence-corrected chi connectivity index (χ2v) is 7.87. The molecule has 2 atom stereocenters. The monoisotopic (exact) mass is 382 g/mol. The fourth-order valence-corrected chi connectivity index (χ4v) is 4.89. The van der Waals surface area contributed by atoms with Crippen LogP contribution >= 0.6 is 20.2 Å². The standard InChI is InChI=1S/C24H28ClP/c1-7-16(4)22-21(15-18(8-2)19-13-11-10-12-14-19)17(5)24(26-6)20(9-3)23(22)25/h8-16,26H,2-3,7H2,1,4-6H3/b18-15+. The Morgan fingerprint density at radius 3 is 2.35 bits per heavy atom. The molecule has 0 N–H and O–H groups in total. The summed E-state index contributed by atoms with van der Waals surface area (Å²) in [5.41, 5.74) is 7.14. The maximum Gasteiger partial charge on any atom is 0.0525 e. The van der Waals surface area contributed by atoms with Crippen molar-refractivity contribution in [1.82, 2.24) is 0 Å². The zero-order valence-electron chi connectivity index (χ0n) is 16.2. The van der Waals surface area contributed by atoms with Crippen molar-refractivity contribution in [2.75, 3.05) is 6.66 Å². The van der Waals surface area contributed by atoms with Crippen LogP contribution in [0.3, 0.4) is 0 Å². The highest BCUT2D eigenvalue weighted by atomic mass is 35.5. The summed E-state index contributed by atoms with van der Waals surface area (Å²) in [5.74, 6) is 0.377. The van der Waals surface area contributed by atoms with Crippen LogP contribution in [-0.4, -0.2) is 6.66 Å². The molecule has 0 bridgehead atoms. The fraction of sp³-hybridized carbons (Fsp3) is 0.250. The number of halogens is 1. The summed E-state index contributed by atoms with van der Waals surface area (Å²) in [6.07, 6.45) is 7.13. The van der Waals surface area contributed by atoms with Gasteiger partial charge in [0.05, 0.1) is 5.02 Å². The van der Waals surface area contributed by atoms with Gasteiger partial charge in [0.25, 0.3) is 0 Å². The van der Waals surface area contributed by atoms with Crippen molar-refractivity contribution in [3.8, 4) is 0 Å². The van der Waals surface area contributed by atoms with Crippen LogP contribution < -0.4 is 5.30 Å². The Kier molecular flexibility index (Phi) is 7.44. The molecule has 0 nitrogen and oxygen atoms in total. The first-order chi connectivity index (χ1) is 12.5. The molecule has 0 saturated carbocycles. The van der Waals surface area contributed by atoms with E-state index in [0.29, 0.717) is 14.5 Å². The Balaban J connectivity index is 2.85. The van der Waals surface area contributed by atoms with Gasteiger partial charge in [0.2, 0.25) is 0 Å². The van der Waals surface area contributed by atoms with Crippen molar-refractivity contribution in [2.45, 2.75) is 33.1 Å². The van der Waals surface area contributed by atoms with Gasteiger partial charge in [0.1, 0.15) is 0 Å². The van der Waals surface area contributed by atoms with Gasteiger partial charge in [-0.3, -0.25) is 0 Å². The zero-order chi connectivity index (χ0) is 19.3. The van der Waals surface area contributed by atoms with E-state index in [1.54, 1.807) is 0 Å². The van der Waals surface area contributed by atoms with Crippen LogP contribution in [0, 0.1) is 6.92 Å². The Morgan fingerprint density at radius 2 is 1.85 bits per heavy atom. The van der Waals surface area contributed by atoms with Gasteiger partial charge in [-0.25, -0.2) is 0 Å². The smallest absolute Gasteiger partial charge is 0.0525 e. The third-order valence-corrected chi connectivity index (χ3v) is 6.55. The largest absolute Gasteiger partial charge is 0.0984 e. The number of hydrogen-bond acceptors (Lipinski definition) is 0. The molecule has 0 spiro atoms. The fourth-order valence-electron chi connectivity index (χ4n) is 3.34. The van der Waals surface area contributed by atoms with Gasteiger partial charge in [-0.2, -0.15) is 0 Å². The van der Waals surface area contributed by atoms with E-state index < -0.39 is 0 Å². The predicted molar refractivity (Wildman–Crippen MR) is 123 cm³/mol. The van der Waals surface area contributed by atoms with Crippen LogP contribution in [0.5, 0.6) is 0 Å². The van der Waals surface area contributed by atoms with Crippen molar-refractivity contribution < 1.29 is 0 Å². The third-order valence-electron chi connectivity index (χ3n) is 5.00. The van der Waals surface area contributed by atoms with Crippen LogP contribution in [-0.2, 0) is 0 Å². The molecule has 2 unspecified atom stereocenters. The molecule has 0 fully saturated rings. The van der Waals surface area contributed by atoms with Gasteiger partial charge in [-0.1, -0.05) is 89.7 Å². The van der Waals surface area contributed by atoms with Crippen molar-refractivity contribution in [3.05, 3.63) is 82.4 Å². The lowest BCUT2D eigenvalue weighted by molar-refractivity contribution is 0.731. The molecule has 2 aromatic carbocycles. The minimum Gasteiger partial charge on any atom is -0.0984 e. The van der Waals surface area contributed by atoms with E-state index in [0.717, 1.165) is 22.6 Å². The average Bonchev–Trinajstić information content (AvgIpc) is 2.67. The summed E-state index contributed by atoms with van der Waals surface area (Å²) >= 11 is 6.89. The van der Waals surface area contributed by atoms with E-state index in [1.165, 1.54) is 27.6 Å². The maximum absolute atomic E-state index is 6.89. The SMILES string of the molecule is C=C/C(=C\c1c(C)c(PC)c(C=C)c(Cl)c1C(C)CC)c1ccccc1. The van der Waals surface area contributed by atoms with E-state index in [2.05, 4.69) is 70.9 Å². The van der Waals surface area contributed by atoms with Gasteiger partial charge in [-0.05, 0) is 65.1 Å². The van der Waals surface area contributed by atoms with E-state index >= 15 is 0 Å². The Labute approximate surface area is 165 Å². The van der Waals surface area contributed by atoms with Gasteiger partial charge < -0.3 is 0 Å². The molecule has 0 aromatic heterocycles. The second kappa shape index (κ2) is 9.36. The topological polar surface area (TPSA) is 0 Å². The highest BCUT2D eigenvalue weighted by Gasteiger charge is 2.21. The van der Waals surface area contributed by atoms with Gasteiger partial charge in [0.15, 0.2) is 0 Å². The number of allylic oxidation sites excluding steroid dienone is 2. The van der Waals surface area contributed by atoms with Gasteiger partial charge >= 0.3 is 0 Å². The molecule has 0 radical (unpaired) electrons. The van der Waals surface area contributed by atoms with Crippen molar-refractivity contribution in [3.63, 3.8) is 0 Å². The minimum atomic E-state index is 0.377. The number of benzene rings is 2. The third kappa shape index (κ3) is 4.03. The lowest BCUT2D eigenvalue weighted by atomic mass is 9.87. The minimum absolute atomic E-state index is 0.377. The summed E-state index contributed by atoms with van der Waals surface area (Å²) in [5, 5.41) is 2.16. The first-order valence-corrected chi connectivity index (χ1v) is 10.9. The van der Waals surface area contributed by atoms with Gasteiger partial charge in [-0.15, -0.1) is 0 Å². The summed E-state index contributed by atoms with van der Waals surface area (Å²) < 4.78 is 0. The summed E-state index contributed by atoms with van der Waals surface area (Å²) in [6.45, 7) is 16.9. The Bertz CT molecular complexity index is 831. The van der Waals surface area contributed by atoms with E-state index in [9.17, 15) is 0 Å². The molecular weight excluding hydrogens is 355 g/mol. The first-order valence-electron chi connectivity index (χ1n) is 9.05. The molecule has 0 aliphatic rings. The zero-order valence-corrected chi connectivity index (χ0v) is 18.0. The van der Waals surface area contributed by atoms with E-state index in [-0.39, 0.29) is 0 Å². The summed E-state index contributed by atoms with van der Waals surface area (Å²) in [7, 11) is 0.671. The molecule has 0 amide bonds. The molecule has 0 heterocycles. The molecule has 0 saturated heterocycles. The van der Waals surface area contributed by atoms with Crippen molar-refractivity contribution >= 4 is 43.2 Å². The molecule has 26 heavy (non-hydrogen) atoms. The van der Waals surface area contributed by atoms with Crippen LogP contribution in [0.15, 0.2) is 49.6 Å². The molecule has 0 aliphatic carbocycles. The first kappa shape index (κ1) is 20.7. The van der Waals surface area contributed by atoms with Crippen molar-refractivity contribution in [1.29, 1.82) is 0 Å². The van der Waals surface area contributed by atoms with Crippen LogP contribution in [0.1, 0.15) is 54.0 Å². The highest BCUT2D eigenvalue weighted by molar-refractivity contribution is 7.46. The average molecular weight is 383 g/mol. The molecule has 136 valence electrons. The molecule has 2 heteroatoms. The Hall–Kier alpha value is -1.62.